The monoisotopic (exact) mass is 540 g/mol. The van der Waals surface area contributed by atoms with E-state index in [4.69, 9.17) is 0 Å². The van der Waals surface area contributed by atoms with Gasteiger partial charge >= 0.3 is 6.18 Å². The summed E-state index contributed by atoms with van der Waals surface area (Å²) in [7, 11) is 0. The van der Waals surface area contributed by atoms with Crippen LogP contribution in [0.25, 0.3) is 23.0 Å². The van der Waals surface area contributed by atoms with Crippen LogP contribution in [0.1, 0.15) is 38.7 Å². The SMILES string of the molecule is C=Cc1nccn1-c1ccc(NC(=O)c2ccc(C)c(Cc3nccc(-c4cccnc4)n3)c2)cc1C(F)(F)F. The number of hydrogen-bond acceptors (Lipinski definition) is 5. The number of alkyl halides is 3. The Kier molecular flexibility index (Phi) is 7.24. The molecule has 0 saturated carbocycles. The molecule has 0 unspecified atom stereocenters. The second-order valence-electron chi connectivity index (χ2n) is 8.96. The van der Waals surface area contributed by atoms with Gasteiger partial charge in [0.05, 0.1) is 16.9 Å². The lowest BCUT2D eigenvalue weighted by Crippen LogP contribution is -2.16. The lowest BCUT2D eigenvalue weighted by Gasteiger charge is -2.17. The Morgan fingerprint density at radius 1 is 1.05 bits per heavy atom. The molecule has 0 radical (unpaired) electrons. The van der Waals surface area contributed by atoms with Crippen LogP contribution in [0, 0.1) is 6.92 Å². The Balaban J connectivity index is 1.39. The lowest BCUT2D eigenvalue weighted by atomic mass is 10.0. The molecule has 3 heterocycles. The highest BCUT2D eigenvalue weighted by molar-refractivity contribution is 6.04. The largest absolute Gasteiger partial charge is 0.418 e. The zero-order valence-corrected chi connectivity index (χ0v) is 21.4. The molecule has 2 aromatic carbocycles. The molecule has 1 N–H and O–H groups in total. The predicted molar refractivity (Wildman–Crippen MR) is 146 cm³/mol. The number of carbonyl (C=O) groups is 1. The van der Waals surface area contributed by atoms with Crippen molar-refractivity contribution in [2.24, 2.45) is 0 Å². The van der Waals surface area contributed by atoms with E-state index in [1.807, 2.05) is 19.1 Å². The molecule has 200 valence electrons. The summed E-state index contributed by atoms with van der Waals surface area (Å²) in [5.41, 5.74) is 2.60. The molecule has 7 nitrogen and oxygen atoms in total. The average molecular weight is 541 g/mol. The number of nitrogens with one attached hydrogen (secondary N) is 1. The van der Waals surface area contributed by atoms with E-state index >= 15 is 0 Å². The normalized spacial score (nSPS) is 11.3. The summed E-state index contributed by atoms with van der Waals surface area (Å²) >= 11 is 0. The van der Waals surface area contributed by atoms with Gasteiger partial charge in [-0.3, -0.25) is 14.3 Å². The predicted octanol–water partition coefficient (Wildman–Crippen LogP) is 6.54. The van der Waals surface area contributed by atoms with Crippen LogP contribution in [0.4, 0.5) is 18.9 Å². The molecule has 0 aliphatic heterocycles. The van der Waals surface area contributed by atoms with Gasteiger partial charge in [0.1, 0.15) is 11.6 Å². The van der Waals surface area contributed by atoms with Crippen LogP contribution in [-0.2, 0) is 12.6 Å². The van der Waals surface area contributed by atoms with E-state index in [1.165, 1.54) is 35.2 Å². The summed E-state index contributed by atoms with van der Waals surface area (Å²) < 4.78 is 43.2. The summed E-state index contributed by atoms with van der Waals surface area (Å²) in [6, 6.07) is 14.3. The van der Waals surface area contributed by atoms with E-state index in [1.54, 1.807) is 42.9 Å². The van der Waals surface area contributed by atoms with Crippen molar-refractivity contribution >= 4 is 17.7 Å². The quantitative estimate of drug-likeness (QED) is 0.253. The fourth-order valence-electron chi connectivity index (χ4n) is 4.26. The van der Waals surface area contributed by atoms with Crippen LogP contribution in [0.2, 0.25) is 0 Å². The molecule has 5 aromatic rings. The molecule has 3 aromatic heterocycles. The number of aryl methyl sites for hydroxylation is 1. The fourth-order valence-corrected chi connectivity index (χ4v) is 4.26. The van der Waals surface area contributed by atoms with Gasteiger partial charge in [0.15, 0.2) is 0 Å². The van der Waals surface area contributed by atoms with Gasteiger partial charge in [-0.2, -0.15) is 13.2 Å². The van der Waals surface area contributed by atoms with Gasteiger partial charge in [-0.25, -0.2) is 15.0 Å². The summed E-state index contributed by atoms with van der Waals surface area (Å²) in [5, 5.41) is 2.59. The fraction of sp³-hybridized carbons (Fsp3) is 0.100. The van der Waals surface area contributed by atoms with Gasteiger partial charge in [-0.1, -0.05) is 12.6 Å². The molecule has 5 rings (SSSR count). The number of imidazole rings is 1. The van der Waals surface area contributed by atoms with Gasteiger partial charge in [0.25, 0.3) is 5.91 Å². The maximum Gasteiger partial charge on any atom is 0.418 e. The van der Waals surface area contributed by atoms with Crippen molar-refractivity contribution in [1.29, 1.82) is 0 Å². The number of aromatic nitrogens is 5. The molecule has 0 spiro atoms. The highest BCUT2D eigenvalue weighted by atomic mass is 19.4. The third-order valence-corrected chi connectivity index (χ3v) is 6.29. The summed E-state index contributed by atoms with van der Waals surface area (Å²) in [4.78, 5) is 30.2. The molecule has 0 saturated heterocycles. The van der Waals surface area contributed by atoms with Crippen LogP contribution in [0.15, 0.2) is 92.2 Å². The van der Waals surface area contributed by atoms with Gasteiger partial charge in [0, 0.05) is 54.2 Å². The average Bonchev–Trinajstić information content (AvgIpc) is 3.43. The first-order chi connectivity index (χ1) is 19.2. The summed E-state index contributed by atoms with van der Waals surface area (Å²) in [6.07, 6.45) is 4.94. The number of rotatable bonds is 7. The zero-order chi connectivity index (χ0) is 28.3. The topological polar surface area (TPSA) is 85.6 Å². The number of amides is 1. The molecule has 0 bridgehead atoms. The summed E-state index contributed by atoms with van der Waals surface area (Å²) in [6.45, 7) is 5.50. The van der Waals surface area contributed by atoms with Crippen molar-refractivity contribution in [1.82, 2.24) is 24.5 Å². The smallest absolute Gasteiger partial charge is 0.322 e. The molecule has 0 fully saturated rings. The molecule has 0 aliphatic carbocycles. The van der Waals surface area contributed by atoms with Crippen molar-refractivity contribution in [2.75, 3.05) is 5.32 Å². The van der Waals surface area contributed by atoms with E-state index in [-0.39, 0.29) is 17.2 Å². The minimum absolute atomic E-state index is 0.0102. The first-order valence-electron chi connectivity index (χ1n) is 12.2. The molecule has 40 heavy (non-hydrogen) atoms. The second kappa shape index (κ2) is 10.9. The van der Waals surface area contributed by atoms with Crippen molar-refractivity contribution in [3.8, 4) is 16.9 Å². The Hall–Kier alpha value is -5.12. The number of nitrogens with zero attached hydrogens (tertiary/aromatic N) is 5. The van der Waals surface area contributed by atoms with E-state index in [0.717, 1.165) is 28.5 Å². The number of pyridine rings is 1. The number of benzene rings is 2. The van der Waals surface area contributed by atoms with Crippen molar-refractivity contribution in [3.63, 3.8) is 0 Å². The van der Waals surface area contributed by atoms with E-state index in [0.29, 0.717) is 17.8 Å². The molecule has 10 heteroatoms. The number of anilines is 1. The van der Waals surface area contributed by atoms with Crippen molar-refractivity contribution in [3.05, 3.63) is 126 Å². The first-order valence-corrected chi connectivity index (χ1v) is 12.2. The summed E-state index contributed by atoms with van der Waals surface area (Å²) in [5.74, 6) is 0.289. The second-order valence-corrected chi connectivity index (χ2v) is 8.96. The van der Waals surface area contributed by atoms with Crippen LogP contribution in [-0.4, -0.2) is 30.4 Å². The third-order valence-electron chi connectivity index (χ3n) is 6.29. The van der Waals surface area contributed by atoms with Crippen molar-refractivity contribution < 1.29 is 18.0 Å². The first kappa shape index (κ1) is 26.5. The standard InChI is InChI=1S/C30H23F3N6O/c1-3-28-36-13-14-39(28)26-9-8-23(17-24(26)30(31,32)33)37-29(40)20-7-6-19(2)22(15-20)16-27-35-12-10-25(38-27)21-5-4-11-34-18-21/h3-15,17-18H,1,16H2,2H3,(H,37,40). The maximum atomic E-state index is 14.0. The van der Waals surface area contributed by atoms with Gasteiger partial charge < -0.3 is 5.32 Å². The minimum Gasteiger partial charge on any atom is -0.322 e. The Labute approximate surface area is 228 Å². The Morgan fingerprint density at radius 3 is 2.65 bits per heavy atom. The maximum absolute atomic E-state index is 14.0. The zero-order valence-electron chi connectivity index (χ0n) is 21.4. The number of hydrogen-bond donors (Lipinski definition) is 1. The van der Waals surface area contributed by atoms with Crippen LogP contribution >= 0.6 is 0 Å². The molecule has 1 amide bonds. The highest BCUT2D eigenvalue weighted by Crippen LogP contribution is 2.36. The van der Waals surface area contributed by atoms with Gasteiger partial charge in [-0.15, -0.1) is 0 Å². The lowest BCUT2D eigenvalue weighted by molar-refractivity contribution is -0.137. The van der Waals surface area contributed by atoms with Gasteiger partial charge in [-0.05, 0) is 72.7 Å². The molecular formula is C30H23F3N6O. The Bertz CT molecular complexity index is 1700. The van der Waals surface area contributed by atoms with E-state index in [2.05, 4.69) is 31.8 Å². The van der Waals surface area contributed by atoms with E-state index < -0.39 is 17.6 Å². The molecular weight excluding hydrogens is 517 g/mol. The van der Waals surface area contributed by atoms with Crippen LogP contribution in [0.5, 0.6) is 0 Å². The van der Waals surface area contributed by atoms with Crippen molar-refractivity contribution in [2.45, 2.75) is 19.5 Å². The third kappa shape index (κ3) is 5.65. The van der Waals surface area contributed by atoms with Crippen LogP contribution in [0.3, 0.4) is 0 Å². The molecule has 0 aliphatic rings. The van der Waals surface area contributed by atoms with E-state index in [9.17, 15) is 18.0 Å². The minimum atomic E-state index is -4.67. The van der Waals surface area contributed by atoms with Crippen LogP contribution < -0.4 is 5.32 Å². The highest BCUT2D eigenvalue weighted by Gasteiger charge is 2.35. The van der Waals surface area contributed by atoms with Gasteiger partial charge in [0.2, 0.25) is 0 Å². The molecule has 0 atom stereocenters. The number of carbonyl (C=O) groups excluding carboxylic acids is 1. The number of halogens is 3. The Morgan fingerprint density at radius 2 is 1.90 bits per heavy atom.